The van der Waals surface area contributed by atoms with Gasteiger partial charge in [-0.1, -0.05) is 30.3 Å². The standard InChI is InChI=1S/C16H23N3O3/c1-18(14-8-5-9-19(11-14)15(20)10-17)16(21)22-12-13-6-3-2-4-7-13/h2-4,6-7,14H,5,8-12,17H2,1H3. The van der Waals surface area contributed by atoms with Crippen LogP contribution in [0.4, 0.5) is 4.79 Å². The van der Waals surface area contributed by atoms with Crippen molar-refractivity contribution in [1.82, 2.24) is 9.80 Å². The predicted molar refractivity (Wildman–Crippen MR) is 83.0 cm³/mol. The summed E-state index contributed by atoms with van der Waals surface area (Å²) in [7, 11) is 1.72. The number of ether oxygens (including phenoxy) is 1. The van der Waals surface area contributed by atoms with Crippen LogP contribution in [0.15, 0.2) is 30.3 Å². The van der Waals surface area contributed by atoms with Gasteiger partial charge in [0.2, 0.25) is 5.91 Å². The minimum absolute atomic E-state index is 0.00882. The van der Waals surface area contributed by atoms with Crippen LogP contribution < -0.4 is 5.73 Å². The quantitative estimate of drug-likeness (QED) is 0.907. The fourth-order valence-electron chi connectivity index (χ4n) is 2.60. The summed E-state index contributed by atoms with van der Waals surface area (Å²) in [5.41, 5.74) is 6.35. The molecule has 1 aromatic rings. The maximum atomic E-state index is 12.1. The number of likely N-dealkylation sites (tertiary alicyclic amines) is 1. The number of carbonyl (C=O) groups is 2. The smallest absolute Gasteiger partial charge is 0.410 e. The Hall–Kier alpha value is -2.08. The second-order valence-corrected chi connectivity index (χ2v) is 5.49. The van der Waals surface area contributed by atoms with Gasteiger partial charge in [0.1, 0.15) is 6.61 Å². The lowest BCUT2D eigenvalue weighted by molar-refractivity contribution is -0.131. The van der Waals surface area contributed by atoms with Gasteiger partial charge in [-0.2, -0.15) is 0 Å². The molecule has 2 amide bonds. The SMILES string of the molecule is CN(C(=O)OCc1ccccc1)C1CCCN(C(=O)CN)C1. The van der Waals surface area contributed by atoms with Crippen molar-refractivity contribution in [3.8, 4) is 0 Å². The molecule has 1 atom stereocenters. The van der Waals surface area contributed by atoms with Crippen LogP contribution in [0.5, 0.6) is 0 Å². The summed E-state index contributed by atoms with van der Waals surface area (Å²) in [4.78, 5) is 27.1. The summed E-state index contributed by atoms with van der Waals surface area (Å²) in [5, 5.41) is 0. The minimum atomic E-state index is -0.365. The number of amides is 2. The first kappa shape index (κ1) is 16.3. The zero-order valence-electron chi connectivity index (χ0n) is 12.9. The van der Waals surface area contributed by atoms with Gasteiger partial charge < -0.3 is 20.3 Å². The van der Waals surface area contributed by atoms with Crippen molar-refractivity contribution < 1.29 is 14.3 Å². The van der Waals surface area contributed by atoms with E-state index >= 15 is 0 Å². The second-order valence-electron chi connectivity index (χ2n) is 5.49. The molecular weight excluding hydrogens is 282 g/mol. The van der Waals surface area contributed by atoms with Crippen LogP contribution in [0.25, 0.3) is 0 Å². The molecule has 2 N–H and O–H groups in total. The van der Waals surface area contributed by atoms with E-state index in [4.69, 9.17) is 10.5 Å². The number of hydrogen-bond acceptors (Lipinski definition) is 4. The molecule has 1 heterocycles. The molecule has 0 bridgehead atoms. The van der Waals surface area contributed by atoms with Gasteiger partial charge in [0.15, 0.2) is 0 Å². The number of nitrogens with two attached hydrogens (primary N) is 1. The first-order valence-corrected chi connectivity index (χ1v) is 7.53. The fraction of sp³-hybridized carbons (Fsp3) is 0.500. The van der Waals surface area contributed by atoms with Gasteiger partial charge in [0, 0.05) is 20.1 Å². The van der Waals surface area contributed by atoms with E-state index in [1.54, 1.807) is 16.8 Å². The molecule has 1 fully saturated rings. The molecule has 0 spiro atoms. The molecule has 0 aliphatic carbocycles. The Kier molecular flexibility index (Phi) is 5.77. The van der Waals surface area contributed by atoms with E-state index in [9.17, 15) is 9.59 Å². The topological polar surface area (TPSA) is 75.9 Å². The number of carbonyl (C=O) groups excluding carboxylic acids is 2. The third-order valence-corrected chi connectivity index (χ3v) is 3.96. The van der Waals surface area contributed by atoms with Crippen molar-refractivity contribution in [2.45, 2.75) is 25.5 Å². The normalized spacial score (nSPS) is 17.9. The Morgan fingerprint density at radius 2 is 2.09 bits per heavy atom. The summed E-state index contributed by atoms with van der Waals surface area (Å²) < 4.78 is 5.32. The molecule has 6 heteroatoms. The van der Waals surface area contributed by atoms with Crippen molar-refractivity contribution in [2.75, 3.05) is 26.7 Å². The Balaban J connectivity index is 1.85. The van der Waals surface area contributed by atoms with Crippen molar-refractivity contribution >= 4 is 12.0 Å². The number of benzene rings is 1. The third-order valence-electron chi connectivity index (χ3n) is 3.96. The minimum Gasteiger partial charge on any atom is -0.445 e. The molecule has 0 aromatic heterocycles. The van der Waals surface area contributed by atoms with Gasteiger partial charge in [0.05, 0.1) is 12.6 Å². The highest BCUT2D eigenvalue weighted by molar-refractivity contribution is 5.78. The number of nitrogens with zero attached hydrogens (tertiary/aromatic N) is 2. The monoisotopic (exact) mass is 305 g/mol. The van der Waals surface area contributed by atoms with Crippen LogP contribution in [0.2, 0.25) is 0 Å². The van der Waals surface area contributed by atoms with Crippen molar-refractivity contribution in [2.24, 2.45) is 5.73 Å². The van der Waals surface area contributed by atoms with E-state index in [0.29, 0.717) is 13.1 Å². The van der Waals surface area contributed by atoms with E-state index in [-0.39, 0.29) is 31.2 Å². The Morgan fingerprint density at radius 3 is 2.77 bits per heavy atom. The molecule has 22 heavy (non-hydrogen) atoms. The Labute approximate surface area is 130 Å². The summed E-state index contributed by atoms with van der Waals surface area (Å²) >= 11 is 0. The van der Waals surface area contributed by atoms with E-state index in [2.05, 4.69) is 0 Å². The van der Waals surface area contributed by atoms with E-state index < -0.39 is 0 Å². The molecule has 1 aliphatic rings. The van der Waals surface area contributed by atoms with Crippen molar-refractivity contribution in [1.29, 1.82) is 0 Å². The van der Waals surface area contributed by atoms with Crippen LogP contribution in [-0.2, 0) is 16.1 Å². The van der Waals surface area contributed by atoms with Gasteiger partial charge in [-0.25, -0.2) is 4.79 Å². The molecule has 2 rings (SSSR count). The summed E-state index contributed by atoms with van der Waals surface area (Å²) in [6, 6.07) is 9.54. The molecule has 0 radical (unpaired) electrons. The number of rotatable bonds is 4. The average molecular weight is 305 g/mol. The zero-order chi connectivity index (χ0) is 15.9. The fourth-order valence-corrected chi connectivity index (χ4v) is 2.60. The summed E-state index contributed by atoms with van der Waals surface area (Å²) in [6.45, 7) is 1.49. The van der Waals surface area contributed by atoms with Crippen LogP contribution in [0.3, 0.4) is 0 Å². The van der Waals surface area contributed by atoms with Crippen molar-refractivity contribution in [3.63, 3.8) is 0 Å². The second kappa shape index (κ2) is 7.79. The number of hydrogen-bond donors (Lipinski definition) is 1. The number of piperidine rings is 1. The zero-order valence-corrected chi connectivity index (χ0v) is 12.9. The lowest BCUT2D eigenvalue weighted by Gasteiger charge is -2.37. The molecule has 120 valence electrons. The van der Waals surface area contributed by atoms with Crippen molar-refractivity contribution in [3.05, 3.63) is 35.9 Å². The predicted octanol–water partition coefficient (Wildman–Crippen LogP) is 1.20. The highest BCUT2D eigenvalue weighted by Gasteiger charge is 2.28. The largest absolute Gasteiger partial charge is 0.445 e. The molecule has 6 nitrogen and oxygen atoms in total. The Bertz CT molecular complexity index is 507. The lowest BCUT2D eigenvalue weighted by atomic mass is 10.0. The Morgan fingerprint density at radius 1 is 1.36 bits per heavy atom. The molecule has 1 aliphatic heterocycles. The summed E-state index contributed by atoms with van der Waals surface area (Å²) in [6.07, 6.45) is 1.37. The highest BCUT2D eigenvalue weighted by atomic mass is 16.6. The highest BCUT2D eigenvalue weighted by Crippen LogP contribution is 2.16. The van der Waals surface area contributed by atoms with Gasteiger partial charge in [0.25, 0.3) is 0 Å². The van der Waals surface area contributed by atoms with Gasteiger partial charge in [-0.3, -0.25) is 4.79 Å². The molecule has 1 saturated heterocycles. The van der Waals surface area contributed by atoms with E-state index in [0.717, 1.165) is 18.4 Å². The first-order valence-electron chi connectivity index (χ1n) is 7.53. The average Bonchev–Trinajstić information content (AvgIpc) is 2.59. The van der Waals surface area contributed by atoms with Gasteiger partial charge >= 0.3 is 6.09 Å². The third kappa shape index (κ3) is 4.21. The molecular formula is C16H23N3O3. The van der Waals surface area contributed by atoms with E-state index in [1.807, 2.05) is 30.3 Å². The van der Waals surface area contributed by atoms with Crippen LogP contribution >= 0.6 is 0 Å². The number of likely N-dealkylation sites (N-methyl/N-ethyl adjacent to an activating group) is 1. The van der Waals surface area contributed by atoms with Crippen LogP contribution in [0, 0.1) is 0 Å². The summed E-state index contributed by atoms with van der Waals surface area (Å²) in [5.74, 6) is -0.0734. The van der Waals surface area contributed by atoms with Crippen LogP contribution in [0.1, 0.15) is 18.4 Å². The van der Waals surface area contributed by atoms with Crippen LogP contribution in [-0.4, -0.2) is 54.5 Å². The molecule has 1 unspecified atom stereocenters. The van der Waals surface area contributed by atoms with Gasteiger partial charge in [-0.15, -0.1) is 0 Å². The molecule has 1 aromatic carbocycles. The van der Waals surface area contributed by atoms with E-state index in [1.165, 1.54) is 0 Å². The lowest BCUT2D eigenvalue weighted by Crippen LogP contribution is -2.51. The van der Waals surface area contributed by atoms with Gasteiger partial charge in [-0.05, 0) is 18.4 Å². The maximum Gasteiger partial charge on any atom is 0.410 e. The first-order chi connectivity index (χ1) is 10.6. The maximum absolute atomic E-state index is 12.1. The molecule has 0 saturated carbocycles.